The van der Waals surface area contributed by atoms with E-state index in [0.29, 0.717) is 17.5 Å². The van der Waals surface area contributed by atoms with E-state index in [1.54, 1.807) is 0 Å². The van der Waals surface area contributed by atoms with E-state index < -0.39 is 0 Å². The van der Waals surface area contributed by atoms with Gasteiger partial charge in [0.2, 0.25) is 0 Å². The van der Waals surface area contributed by atoms with Gasteiger partial charge in [0, 0.05) is 27.1 Å². The van der Waals surface area contributed by atoms with Gasteiger partial charge in [-0.05, 0) is 101 Å². The number of nitrogens with zero attached hydrogens (tertiary/aromatic N) is 3. The fourth-order valence-electron chi connectivity index (χ4n) is 10.0. The van der Waals surface area contributed by atoms with Gasteiger partial charge in [-0.15, -0.1) is 0 Å². The van der Waals surface area contributed by atoms with Crippen LogP contribution in [0.3, 0.4) is 0 Å². The van der Waals surface area contributed by atoms with E-state index in [9.17, 15) is 0 Å². The van der Waals surface area contributed by atoms with E-state index >= 15 is 0 Å². The summed E-state index contributed by atoms with van der Waals surface area (Å²) in [6.45, 7) is 0. The van der Waals surface area contributed by atoms with Gasteiger partial charge < -0.3 is 8.83 Å². The summed E-state index contributed by atoms with van der Waals surface area (Å²) in [5.74, 6) is 1.62. The zero-order chi connectivity index (χ0) is 39.1. The molecule has 3 aromatic heterocycles. The Balaban J connectivity index is 1.13. The Bertz CT molecular complexity index is 4000. The number of hydrogen-bond acceptors (Lipinski definition) is 5. The van der Waals surface area contributed by atoms with Gasteiger partial charge in [0.1, 0.15) is 22.3 Å². The molecule has 0 bridgehead atoms. The number of benzene rings is 10. The Labute approximate surface area is 341 Å². The summed E-state index contributed by atoms with van der Waals surface area (Å²) in [6, 6.07) is 62.3. The van der Waals surface area contributed by atoms with E-state index in [4.69, 9.17) is 23.8 Å². The monoisotopic (exact) mass is 763 g/mol. The van der Waals surface area contributed by atoms with Crippen molar-refractivity contribution in [3.05, 3.63) is 176 Å². The summed E-state index contributed by atoms with van der Waals surface area (Å²) in [4.78, 5) is 16.0. The highest BCUT2D eigenvalue weighted by molar-refractivity contribution is 6.37. The third-order valence-electron chi connectivity index (χ3n) is 12.6. The SMILES string of the molecule is c1ccc2c(c1)oc1c(-c3nc(-c4cc5ccc6cccc7c8cccc9ccc%10cccc(c(c4)c5c67)c%10c98)nc(-c4cccc5c4oc4ccccc45)n3)cccc12. The van der Waals surface area contributed by atoms with Crippen LogP contribution in [0.1, 0.15) is 0 Å². The predicted octanol–water partition coefficient (Wildman–Crippen LogP) is 15.0. The van der Waals surface area contributed by atoms with Crippen LogP contribution in [0.15, 0.2) is 185 Å². The topological polar surface area (TPSA) is 65.0 Å². The Hall–Kier alpha value is -8.15. The Morgan fingerprint density at radius 2 is 0.683 bits per heavy atom. The molecule has 0 aliphatic rings. The fraction of sp³-hybridized carbons (Fsp3) is 0. The van der Waals surface area contributed by atoms with Gasteiger partial charge >= 0.3 is 0 Å². The van der Waals surface area contributed by atoms with E-state index in [1.165, 1.54) is 53.9 Å². The number of aromatic nitrogens is 3. The van der Waals surface area contributed by atoms with Crippen LogP contribution in [-0.4, -0.2) is 15.0 Å². The highest BCUT2D eigenvalue weighted by atomic mass is 16.3. The molecular formula is C55H29N3O2. The lowest BCUT2D eigenvalue weighted by Crippen LogP contribution is -2.01. The Morgan fingerprint density at radius 3 is 1.22 bits per heavy atom. The summed E-state index contributed by atoms with van der Waals surface area (Å²) in [5.41, 5.74) is 5.60. The quantitative estimate of drug-likeness (QED) is 0.168. The third kappa shape index (κ3) is 4.32. The van der Waals surface area contributed by atoms with E-state index in [0.717, 1.165) is 71.3 Å². The molecule has 5 nitrogen and oxygen atoms in total. The van der Waals surface area contributed by atoms with Crippen LogP contribution >= 0.6 is 0 Å². The Kier molecular flexibility index (Phi) is 6.23. The summed E-state index contributed by atoms with van der Waals surface area (Å²) in [5, 5.41) is 18.7. The maximum atomic E-state index is 6.58. The first-order valence-electron chi connectivity index (χ1n) is 20.3. The average Bonchev–Trinajstić information content (AvgIpc) is 3.89. The lowest BCUT2D eigenvalue weighted by Gasteiger charge is -2.17. The molecule has 276 valence electrons. The van der Waals surface area contributed by atoms with Crippen molar-refractivity contribution in [1.82, 2.24) is 15.0 Å². The van der Waals surface area contributed by atoms with Gasteiger partial charge in [0.25, 0.3) is 0 Å². The van der Waals surface area contributed by atoms with Crippen molar-refractivity contribution in [1.29, 1.82) is 0 Å². The molecule has 0 spiro atoms. The number of rotatable bonds is 3. The molecule has 0 fully saturated rings. The normalized spacial score (nSPS) is 12.3. The van der Waals surface area contributed by atoms with E-state index in [2.05, 4.69) is 127 Å². The van der Waals surface area contributed by atoms with Crippen LogP contribution < -0.4 is 0 Å². The standard InChI is InChI=1S/C55H29N3O2/c1-3-22-45-35(13-1)40-18-8-20-42(51(40)59-45)54-56-53(57-55(58-54)43-21-9-19-41-36-14-2-4-23-46(36)60-52(41)43)34-28-33-27-26-32-11-6-16-38-37-15-5-10-30-24-25-31-12-7-17-39(49(31)47(30)37)44(29-34)50(33)48(32)38/h1-29H. The highest BCUT2D eigenvalue weighted by Gasteiger charge is 2.22. The van der Waals surface area contributed by atoms with E-state index in [1.807, 2.05) is 48.5 Å². The molecule has 0 saturated heterocycles. The maximum Gasteiger partial charge on any atom is 0.167 e. The number of hydrogen-bond donors (Lipinski definition) is 0. The first-order chi connectivity index (χ1) is 29.7. The zero-order valence-electron chi connectivity index (χ0n) is 31.9. The van der Waals surface area contributed by atoms with Crippen LogP contribution in [0.25, 0.3) is 143 Å². The smallest absolute Gasteiger partial charge is 0.167 e. The van der Waals surface area contributed by atoms with Gasteiger partial charge in [-0.25, -0.2) is 15.0 Å². The number of fused-ring (bicyclic) bond motifs is 8. The maximum absolute atomic E-state index is 6.58. The van der Waals surface area contributed by atoms with E-state index in [-0.39, 0.29) is 0 Å². The predicted molar refractivity (Wildman–Crippen MR) is 247 cm³/mol. The van der Waals surface area contributed by atoms with Crippen molar-refractivity contribution in [3.63, 3.8) is 0 Å². The van der Waals surface area contributed by atoms with Gasteiger partial charge in [0.15, 0.2) is 17.5 Å². The minimum absolute atomic E-state index is 0.525. The van der Waals surface area contributed by atoms with Gasteiger partial charge in [-0.2, -0.15) is 0 Å². The molecule has 14 aromatic rings. The second-order valence-electron chi connectivity index (χ2n) is 15.8. The van der Waals surface area contributed by atoms with Crippen molar-refractivity contribution in [3.8, 4) is 34.2 Å². The molecule has 0 unspecified atom stereocenters. The van der Waals surface area contributed by atoms with Crippen LogP contribution in [0.2, 0.25) is 0 Å². The first kappa shape index (κ1) is 31.9. The van der Waals surface area contributed by atoms with Gasteiger partial charge in [-0.3, -0.25) is 0 Å². The minimum Gasteiger partial charge on any atom is -0.455 e. The second-order valence-corrected chi connectivity index (χ2v) is 15.8. The van der Waals surface area contributed by atoms with Crippen LogP contribution in [0.5, 0.6) is 0 Å². The lowest BCUT2D eigenvalue weighted by molar-refractivity contribution is 0.669. The lowest BCUT2D eigenvalue weighted by atomic mass is 9.87. The molecular weight excluding hydrogens is 735 g/mol. The van der Waals surface area contributed by atoms with Crippen molar-refractivity contribution in [2.75, 3.05) is 0 Å². The summed E-state index contributed by atoms with van der Waals surface area (Å²) < 4.78 is 13.2. The average molecular weight is 764 g/mol. The largest absolute Gasteiger partial charge is 0.455 e. The zero-order valence-corrected chi connectivity index (χ0v) is 31.9. The molecule has 0 radical (unpaired) electrons. The highest BCUT2D eigenvalue weighted by Crippen LogP contribution is 2.45. The van der Waals surface area contributed by atoms with Crippen molar-refractivity contribution in [2.24, 2.45) is 0 Å². The number of para-hydroxylation sites is 4. The van der Waals surface area contributed by atoms with Crippen LogP contribution in [0, 0.1) is 0 Å². The molecule has 0 aliphatic carbocycles. The van der Waals surface area contributed by atoms with Gasteiger partial charge in [0.05, 0.1) is 11.1 Å². The minimum atomic E-state index is 0.525. The summed E-state index contributed by atoms with van der Waals surface area (Å²) in [7, 11) is 0. The van der Waals surface area contributed by atoms with Crippen molar-refractivity contribution < 1.29 is 8.83 Å². The molecule has 11 aromatic carbocycles. The molecule has 0 N–H and O–H groups in total. The third-order valence-corrected chi connectivity index (χ3v) is 12.6. The first-order valence-corrected chi connectivity index (χ1v) is 20.3. The summed E-state index contributed by atoms with van der Waals surface area (Å²) >= 11 is 0. The molecule has 3 heterocycles. The Morgan fingerprint density at radius 1 is 0.283 bits per heavy atom. The second kappa shape index (κ2) is 11.7. The molecule has 0 aliphatic heterocycles. The summed E-state index contributed by atoms with van der Waals surface area (Å²) in [6.07, 6.45) is 0. The molecule has 0 saturated carbocycles. The van der Waals surface area contributed by atoms with Crippen LogP contribution in [-0.2, 0) is 0 Å². The van der Waals surface area contributed by atoms with Crippen molar-refractivity contribution in [2.45, 2.75) is 0 Å². The van der Waals surface area contributed by atoms with Crippen LogP contribution in [0.4, 0.5) is 0 Å². The molecule has 14 rings (SSSR count). The van der Waals surface area contributed by atoms with Crippen molar-refractivity contribution >= 4 is 109 Å². The number of furan rings is 2. The van der Waals surface area contributed by atoms with Gasteiger partial charge in [-0.1, -0.05) is 140 Å². The molecule has 5 heteroatoms. The molecule has 0 amide bonds. The fourth-order valence-corrected chi connectivity index (χ4v) is 10.0. The molecule has 0 atom stereocenters. The molecule has 60 heavy (non-hydrogen) atoms.